The molecule has 152 valence electrons. The van der Waals surface area contributed by atoms with Crippen LogP contribution in [0, 0.1) is 13.8 Å². The zero-order valence-corrected chi connectivity index (χ0v) is 17.2. The fourth-order valence-electron chi connectivity index (χ4n) is 4.20. The Balaban J connectivity index is 1.44. The highest BCUT2D eigenvalue weighted by atomic mass is 16.2. The lowest BCUT2D eigenvalue weighted by Gasteiger charge is -2.25. The second kappa shape index (κ2) is 8.64. The summed E-state index contributed by atoms with van der Waals surface area (Å²) < 4.78 is 2.32. The third kappa shape index (κ3) is 4.42. The Morgan fingerprint density at radius 3 is 2.83 bits per heavy atom. The maximum atomic E-state index is 12.4. The summed E-state index contributed by atoms with van der Waals surface area (Å²) in [5.41, 5.74) is 4.93. The molecule has 0 aliphatic heterocycles. The van der Waals surface area contributed by atoms with Gasteiger partial charge in [-0.2, -0.15) is 0 Å². The van der Waals surface area contributed by atoms with Crippen molar-refractivity contribution in [2.45, 2.75) is 58.4 Å². The topological polar surface area (TPSA) is 71.8 Å². The highest BCUT2D eigenvalue weighted by Crippen LogP contribution is 2.31. The molecule has 29 heavy (non-hydrogen) atoms. The van der Waals surface area contributed by atoms with Crippen LogP contribution >= 0.6 is 0 Å². The number of hydrogen-bond acceptors (Lipinski definition) is 3. The molecule has 0 bridgehead atoms. The van der Waals surface area contributed by atoms with E-state index in [0.29, 0.717) is 19.0 Å². The number of imidazole rings is 1. The van der Waals surface area contributed by atoms with Gasteiger partial charge in [0.15, 0.2) is 5.65 Å². The lowest BCUT2D eigenvalue weighted by Crippen LogP contribution is -2.31. The Kier molecular flexibility index (Phi) is 5.79. The lowest BCUT2D eigenvalue weighted by atomic mass is 9.95. The van der Waals surface area contributed by atoms with Gasteiger partial charge in [-0.05, 0) is 56.0 Å². The number of aromatic nitrogens is 3. The third-order valence-electron chi connectivity index (χ3n) is 5.74. The lowest BCUT2D eigenvalue weighted by molar-refractivity contribution is 0.252. The van der Waals surface area contributed by atoms with Crippen LogP contribution in [0.2, 0.25) is 0 Å². The summed E-state index contributed by atoms with van der Waals surface area (Å²) in [7, 11) is 0. The number of nitrogens with zero attached hydrogens (tertiary/aromatic N) is 3. The second-order valence-corrected chi connectivity index (χ2v) is 7.99. The van der Waals surface area contributed by atoms with Gasteiger partial charge in [0.1, 0.15) is 11.3 Å². The van der Waals surface area contributed by atoms with Crippen LogP contribution < -0.4 is 10.6 Å². The number of aryl methyl sites for hydroxylation is 2. The van der Waals surface area contributed by atoms with Crippen LogP contribution in [0.25, 0.3) is 11.2 Å². The molecule has 0 unspecified atom stereocenters. The Bertz CT molecular complexity index is 1000. The first-order chi connectivity index (χ1) is 14.1. The number of urea groups is 1. The molecule has 1 aromatic carbocycles. The Hall–Kier alpha value is -2.89. The average Bonchev–Trinajstić information content (AvgIpc) is 3.09. The number of pyridine rings is 1. The molecule has 1 saturated carbocycles. The van der Waals surface area contributed by atoms with E-state index in [1.165, 1.54) is 32.1 Å². The highest BCUT2D eigenvalue weighted by molar-refractivity contribution is 5.90. The number of fused-ring (bicyclic) bond motifs is 1. The molecule has 2 heterocycles. The highest BCUT2D eigenvalue weighted by Gasteiger charge is 2.22. The van der Waals surface area contributed by atoms with Crippen molar-refractivity contribution in [3.63, 3.8) is 0 Å². The van der Waals surface area contributed by atoms with Crippen LogP contribution in [0.15, 0.2) is 36.5 Å². The van der Waals surface area contributed by atoms with Crippen LogP contribution in [0.1, 0.15) is 55.1 Å². The van der Waals surface area contributed by atoms with E-state index in [1.807, 2.05) is 50.4 Å². The summed E-state index contributed by atoms with van der Waals surface area (Å²) in [6.07, 6.45) is 8.70. The summed E-state index contributed by atoms with van der Waals surface area (Å²) in [4.78, 5) is 21.8. The standard InChI is InChI=1S/C23H29N5O/c1-16-10-11-17(2)20(15-16)27-23(29)25-14-12-21-26-19-9-6-13-24-22(19)28(21)18-7-4-3-5-8-18/h6,9-11,13,15,18H,3-5,7-8,12,14H2,1-2H3,(H2,25,27,29). The summed E-state index contributed by atoms with van der Waals surface area (Å²) in [5.74, 6) is 1.01. The van der Waals surface area contributed by atoms with Crippen molar-refractivity contribution < 1.29 is 4.79 Å². The normalized spacial score (nSPS) is 14.8. The van der Waals surface area contributed by atoms with Crippen LogP contribution in [0.4, 0.5) is 10.5 Å². The van der Waals surface area contributed by atoms with Gasteiger partial charge < -0.3 is 15.2 Å². The first-order valence-electron chi connectivity index (χ1n) is 10.6. The molecule has 1 aliphatic rings. The molecule has 6 nitrogen and oxygen atoms in total. The minimum atomic E-state index is -0.183. The summed E-state index contributed by atoms with van der Waals surface area (Å²) in [6, 6.07) is 10.3. The Labute approximate surface area is 171 Å². The maximum absolute atomic E-state index is 12.4. The van der Waals surface area contributed by atoms with Crippen molar-refractivity contribution in [3.8, 4) is 0 Å². The molecule has 2 amide bonds. The molecule has 0 atom stereocenters. The molecule has 1 aliphatic carbocycles. The minimum absolute atomic E-state index is 0.183. The zero-order chi connectivity index (χ0) is 20.2. The van der Waals surface area contributed by atoms with Crippen molar-refractivity contribution in [3.05, 3.63) is 53.5 Å². The molecular weight excluding hydrogens is 362 g/mol. The van der Waals surface area contributed by atoms with E-state index in [4.69, 9.17) is 4.98 Å². The molecule has 0 saturated heterocycles. The number of hydrogen-bond donors (Lipinski definition) is 2. The van der Waals surface area contributed by atoms with Crippen molar-refractivity contribution in [2.75, 3.05) is 11.9 Å². The average molecular weight is 392 g/mol. The van der Waals surface area contributed by atoms with E-state index >= 15 is 0 Å². The molecule has 6 heteroatoms. The smallest absolute Gasteiger partial charge is 0.319 e. The summed E-state index contributed by atoms with van der Waals surface area (Å²) in [5, 5.41) is 5.93. The summed E-state index contributed by atoms with van der Waals surface area (Å²) >= 11 is 0. The van der Waals surface area contributed by atoms with Gasteiger partial charge in [-0.25, -0.2) is 14.8 Å². The SMILES string of the molecule is Cc1ccc(C)c(NC(=O)NCCc2nc3cccnc3n2C2CCCCC2)c1. The van der Waals surface area contributed by atoms with Gasteiger partial charge in [0.05, 0.1) is 0 Å². The van der Waals surface area contributed by atoms with Crippen LogP contribution in [-0.4, -0.2) is 27.1 Å². The molecule has 1 fully saturated rings. The predicted octanol–water partition coefficient (Wildman–Crippen LogP) is 4.92. The van der Waals surface area contributed by atoms with E-state index in [0.717, 1.165) is 33.8 Å². The molecule has 2 aromatic heterocycles. The monoisotopic (exact) mass is 391 g/mol. The van der Waals surface area contributed by atoms with E-state index in [-0.39, 0.29) is 6.03 Å². The number of carbonyl (C=O) groups is 1. The van der Waals surface area contributed by atoms with Gasteiger partial charge >= 0.3 is 6.03 Å². The fourth-order valence-corrected chi connectivity index (χ4v) is 4.20. The number of nitrogens with one attached hydrogen (secondary N) is 2. The van der Waals surface area contributed by atoms with Crippen molar-refractivity contribution in [1.29, 1.82) is 0 Å². The van der Waals surface area contributed by atoms with Gasteiger partial charge in [0.25, 0.3) is 0 Å². The van der Waals surface area contributed by atoms with Gasteiger partial charge in [0.2, 0.25) is 0 Å². The van der Waals surface area contributed by atoms with Gasteiger partial charge in [-0.3, -0.25) is 0 Å². The quantitative estimate of drug-likeness (QED) is 0.648. The fraction of sp³-hybridized carbons (Fsp3) is 0.435. The third-order valence-corrected chi connectivity index (χ3v) is 5.74. The molecule has 4 rings (SSSR count). The molecular formula is C23H29N5O. The number of anilines is 1. The molecule has 2 N–H and O–H groups in total. The van der Waals surface area contributed by atoms with Crippen LogP contribution in [0.5, 0.6) is 0 Å². The largest absolute Gasteiger partial charge is 0.337 e. The first kappa shape index (κ1) is 19.4. The van der Waals surface area contributed by atoms with Gasteiger partial charge in [-0.15, -0.1) is 0 Å². The van der Waals surface area contributed by atoms with Gasteiger partial charge in [0, 0.05) is 30.9 Å². The molecule has 0 spiro atoms. The minimum Gasteiger partial charge on any atom is -0.337 e. The first-order valence-corrected chi connectivity index (χ1v) is 10.6. The van der Waals surface area contributed by atoms with E-state index in [1.54, 1.807) is 0 Å². The summed E-state index contributed by atoms with van der Waals surface area (Å²) in [6.45, 7) is 4.55. The predicted molar refractivity (Wildman–Crippen MR) is 116 cm³/mol. The number of rotatable bonds is 5. The van der Waals surface area contributed by atoms with Crippen molar-refractivity contribution in [1.82, 2.24) is 19.9 Å². The Morgan fingerprint density at radius 2 is 2.00 bits per heavy atom. The Morgan fingerprint density at radius 1 is 1.17 bits per heavy atom. The van der Waals surface area contributed by atoms with Crippen LogP contribution in [0.3, 0.4) is 0 Å². The van der Waals surface area contributed by atoms with Gasteiger partial charge in [-0.1, -0.05) is 31.4 Å². The van der Waals surface area contributed by atoms with Crippen molar-refractivity contribution >= 4 is 22.9 Å². The van der Waals surface area contributed by atoms with Crippen molar-refractivity contribution in [2.24, 2.45) is 0 Å². The number of benzene rings is 1. The van der Waals surface area contributed by atoms with E-state index in [9.17, 15) is 4.79 Å². The van der Waals surface area contributed by atoms with E-state index in [2.05, 4.69) is 20.2 Å². The zero-order valence-electron chi connectivity index (χ0n) is 17.2. The number of amides is 2. The maximum Gasteiger partial charge on any atom is 0.319 e. The van der Waals surface area contributed by atoms with Crippen LogP contribution in [-0.2, 0) is 6.42 Å². The molecule has 3 aromatic rings. The van der Waals surface area contributed by atoms with E-state index < -0.39 is 0 Å². The second-order valence-electron chi connectivity index (χ2n) is 7.99. The molecule has 0 radical (unpaired) electrons. The number of carbonyl (C=O) groups excluding carboxylic acids is 1.